The Morgan fingerprint density at radius 1 is 0.950 bits per heavy atom. The molecule has 104 valence electrons. The van der Waals surface area contributed by atoms with Gasteiger partial charge in [-0.1, -0.05) is 11.2 Å². The van der Waals surface area contributed by atoms with Crippen LogP contribution in [0.25, 0.3) is 0 Å². The molecule has 0 aliphatic heterocycles. The first kappa shape index (κ1) is 13.8. The summed E-state index contributed by atoms with van der Waals surface area (Å²) in [5, 5.41) is 8.48. The lowest BCUT2D eigenvalue weighted by Crippen LogP contribution is -2.29. The Hall–Kier alpha value is -2.63. The average Bonchev–Trinajstić information content (AvgIpc) is 2.73. The molecule has 0 spiro atoms. The average molecular weight is 273 g/mol. The quantitative estimate of drug-likeness (QED) is 0.821. The van der Waals surface area contributed by atoms with E-state index in [1.54, 1.807) is 19.1 Å². The fraction of sp³-hybridized carbons (Fsp3) is 0.214. The first-order chi connectivity index (χ1) is 9.44. The highest BCUT2D eigenvalue weighted by Crippen LogP contribution is 2.14. The number of rotatable bonds is 2. The lowest BCUT2D eigenvalue weighted by molar-refractivity contribution is -0.133. The third-order valence-corrected chi connectivity index (χ3v) is 2.56. The van der Waals surface area contributed by atoms with Gasteiger partial charge >= 0.3 is 11.8 Å². The van der Waals surface area contributed by atoms with Crippen molar-refractivity contribution in [2.24, 2.45) is 0 Å². The van der Waals surface area contributed by atoms with Crippen LogP contribution in [0.1, 0.15) is 16.9 Å². The van der Waals surface area contributed by atoms with Crippen LogP contribution in [0.5, 0.6) is 0 Å². The van der Waals surface area contributed by atoms with Crippen molar-refractivity contribution in [2.45, 2.75) is 20.8 Å². The van der Waals surface area contributed by atoms with E-state index in [4.69, 9.17) is 4.52 Å². The zero-order chi connectivity index (χ0) is 14.7. The molecule has 2 rings (SSSR count). The molecular weight excluding hydrogens is 258 g/mol. The molecule has 6 nitrogen and oxygen atoms in total. The lowest BCUT2D eigenvalue weighted by atomic mass is 10.1. The predicted molar refractivity (Wildman–Crippen MR) is 74.4 cm³/mol. The van der Waals surface area contributed by atoms with Crippen LogP contribution >= 0.6 is 0 Å². The summed E-state index contributed by atoms with van der Waals surface area (Å²) in [4.78, 5) is 23.5. The number of nitrogens with one attached hydrogen (secondary N) is 2. The van der Waals surface area contributed by atoms with Gasteiger partial charge in [0.25, 0.3) is 0 Å². The van der Waals surface area contributed by atoms with Gasteiger partial charge in [-0.25, -0.2) is 0 Å². The van der Waals surface area contributed by atoms with Gasteiger partial charge in [-0.2, -0.15) is 0 Å². The second-order valence-corrected chi connectivity index (χ2v) is 4.61. The van der Waals surface area contributed by atoms with Gasteiger partial charge in [0.1, 0.15) is 5.76 Å². The molecule has 1 aromatic heterocycles. The molecule has 0 atom stereocenters. The van der Waals surface area contributed by atoms with Crippen LogP contribution < -0.4 is 10.6 Å². The van der Waals surface area contributed by atoms with Crippen LogP contribution in [0.15, 0.2) is 28.8 Å². The summed E-state index contributed by atoms with van der Waals surface area (Å²) in [6.07, 6.45) is 0. The van der Waals surface area contributed by atoms with E-state index in [1.807, 2.05) is 19.9 Å². The summed E-state index contributed by atoms with van der Waals surface area (Å²) < 4.78 is 4.80. The van der Waals surface area contributed by atoms with Gasteiger partial charge in [0.05, 0.1) is 0 Å². The minimum absolute atomic E-state index is 0.211. The summed E-state index contributed by atoms with van der Waals surface area (Å²) in [6.45, 7) is 5.53. The van der Waals surface area contributed by atoms with Crippen molar-refractivity contribution in [1.29, 1.82) is 0 Å². The summed E-state index contributed by atoms with van der Waals surface area (Å²) in [5.74, 6) is -0.786. The zero-order valence-electron chi connectivity index (χ0n) is 11.5. The predicted octanol–water partition coefficient (Wildman–Crippen LogP) is 2.18. The number of carbonyl (C=O) groups is 2. The fourth-order valence-electron chi connectivity index (χ4n) is 1.83. The molecular formula is C14H15N3O3. The van der Waals surface area contributed by atoms with E-state index >= 15 is 0 Å². The molecule has 0 saturated heterocycles. The Balaban J connectivity index is 2.02. The highest BCUT2D eigenvalue weighted by Gasteiger charge is 2.15. The maximum atomic E-state index is 11.8. The number of aromatic nitrogens is 1. The van der Waals surface area contributed by atoms with Crippen LogP contribution in [0.2, 0.25) is 0 Å². The van der Waals surface area contributed by atoms with Crippen molar-refractivity contribution in [2.75, 3.05) is 10.6 Å². The van der Waals surface area contributed by atoms with Crippen LogP contribution in [0.3, 0.4) is 0 Å². The number of nitrogens with zero attached hydrogens (tertiary/aromatic N) is 1. The Morgan fingerprint density at radius 2 is 1.55 bits per heavy atom. The smallest absolute Gasteiger partial charge is 0.315 e. The second-order valence-electron chi connectivity index (χ2n) is 4.61. The Kier molecular flexibility index (Phi) is 3.84. The van der Waals surface area contributed by atoms with Gasteiger partial charge in [0, 0.05) is 11.8 Å². The van der Waals surface area contributed by atoms with Crippen LogP contribution in [0.4, 0.5) is 11.5 Å². The number of hydrogen-bond donors (Lipinski definition) is 2. The number of benzene rings is 1. The maximum absolute atomic E-state index is 11.8. The highest BCUT2D eigenvalue weighted by molar-refractivity contribution is 6.43. The van der Waals surface area contributed by atoms with Gasteiger partial charge in [0.2, 0.25) is 0 Å². The molecule has 0 saturated carbocycles. The molecule has 2 amide bonds. The molecule has 2 N–H and O–H groups in total. The van der Waals surface area contributed by atoms with E-state index in [9.17, 15) is 9.59 Å². The molecule has 1 aromatic carbocycles. The number of aryl methyl sites for hydroxylation is 3. The van der Waals surface area contributed by atoms with Crippen molar-refractivity contribution < 1.29 is 14.1 Å². The SMILES string of the molecule is Cc1cc(C)cc(NC(=O)C(=O)Nc2cc(C)on2)c1. The third-order valence-electron chi connectivity index (χ3n) is 2.56. The topological polar surface area (TPSA) is 84.2 Å². The molecule has 1 heterocycles. The first-order valence-corrected chi connectivity index (χ1v) is 6.08. The molecule has 20 heavy (non-hydrogen) atoms. The Morgan fingerprint density at radius 3 is 2.10 bits per heavy atom. The van der Waals surface area contributed by atoms with Gasteiger partial charge in [-0.15, -0.1) is 0 Å². The van der Waals surface area contributed by atoms with Crippen molar-refractivity contribution >= 4 is 23.3 Å². The van der Waals surface area contributed by atoms with E-state index in [0.717, 1.165) is 11.1 Å². The Labute approximate surface area is 116 Å². The number of amides is 2. The molecule has 0 bridgehead atoms. The van der Waals surface area contributed by atoms with E-state index < -0.39 is 11.8 Å². The summed E-state index contributed by atoms with van der Waals surface area (Å²) in [5.41, 5.74) is 2.60. The normalized spacial score (nSPS) is 10.2. The molecule has 0 aliphatic carbocycles. The zero-order valence-corrected chi connectivity index (χ0v) is 11.5. The van der Waals surface area contributed by atoms with Crippen LogP contribution in [0, 0.1) is 20.8 Å². The highest BCUT2D eigenvalue weighted by atomic mass is 16.5. The summed E-state index contributed by atoms with van der Waals surface area (Å²) in [7, 11) is 0. The van der Waals surface area contributed by atoms with Crippen molar-refractivity contribution in [1.82, 2.24) is 5.16 Å². The van der Waals surface area contributed by atoms with Crippen molar-refractivity contribution in [3.63, 3.8) is 0 Å². The van der Waals surface area contributed by atoms with Crippen molar-refractivity contribution in [3.8, 4) is 0 Å². The fourth-order valence-corrected chi connectivity index (χ4v) is 1.83. The maximum Gasteiger partial charge on any atom is 0.315 e. The second kappa shape index (κ2) is 5.56. The monoisotopic (exact) mass is 273 g/mol. The summed E-state index contributed by atoms with van der Waals surface area (Å²) >= 11 is 0. The first-order valence-electron chi connectivity index (χ1n) is 6.08. The van der Waals surface area contributed by atoms with Gasteiger partial charge < -0.3 is 9.84 Å². The van der Waals surface area contributed by atoms with E-state index in [2.05, 4.69) is 15.8 Å². The molecule has 0 aliphatic rings. The summed E-state index contributed by atoms with van der Waals surface area (Å²) in [6, 6.07) is 7.09. The number of anilines is 2. The molecule has 0 radical (unpaired) electrons. The number of carbonyl (C=O) groups excluding carboxylic acids is 2. The molecule has 6 heteroatoms. The minimum Gasteiger partial charge on any atom is -0.360 e. The van der Waals surface area contributed by atoms with Crippen LogP contribution in [-0.4, -0.2) is 17.0 Å². The molecule has 0 unspecified atom stereocenters. The molecule has 2 aromatic rings. The van der Waals surface area contributed by atoms with E-state index in [1.165, 1.54) is 6.07 Å². The van der Waals surface area contributed by atoms with Crippen LogP contribution in [-0.2, 0) is 9.59 Å². The Bertz CT molecular complexity index is 641. The standard InChI is InChI=1S/C14H15N3O3/c1-8-4-9(2)6-11(5-8)15-13(18)14(19)16-12-7-10(3)20-17-12/h4-7H,1-3H3,(H,15,18)(H,16,17,19). The van der Waals surface area contributed by atoms with Gasteiger partial charge in [-0.05, 0) is 44.0 Å². The van der Waals surface area contributed by atoms with Crippen molar-refractivity contribution in [3.05, 3.63) is 41.2 Å². The number of hydrogen-bond acceptors (Lipinski definition) is 4. The minimum atomic E-state index is -0.794. The van der Waals surface area contributed by atoms with E-state index in [-0.39, 0.29) is 5.82 Å². The van der Waals surface area contributed by atoms with Gasteiger partial charge in [0.15, 0.2) is 5.82 Å². The molecule has 0 fully saturated rings. The van der Waals surface area contributed by atoms with E-state index in [0.29, 0.717) is 11.4 Å². The lowest BCUT2D eigenvalue weighted by Gasteiger charge is -2.06. The third kappa shape index (κ3) is 3.44. The van der Waals surface area contributed by atoms with Gasteiger partial charge in [-0.3, -0.25) is 14.9 Å². The largest absolute Gasteiger partial charge is 0.360 e.